The van der Waals surface area contributed by atoms with E-state index in [4.69, 9.17) is 26.8 Å². The zero-order chi connectivity index (χ0) is 26.8. The molecule has 1 saturated carbocycles. The van der Waals surface area contributed by atoms with E-state index in [0.717, 1.165) is 25.7 Å². The number of nitrogens with two attached hydrogens (primary N) is 1. The lowest BCUT2D eigenvalue weighted by molar-refractivity contribution is -0.147. The third-order valence-corrected chi connectivity index (χ3v) is 8.08. The number of halogens is 2. The number of unbranched alkanes of at least 4 members (excludes halogenated alkanes) is 1. The summed E-state index contributed by atoms with van der Waals surface area (Å²) in [7, 11) is 1.60. The number of benzene rings is 1. The van der Waals surface area contributed by atoms with Gasteiger partial charge in [-0.2, -0.15) is 0 Å². The normalized spacial score (nSPS) is 22.3. The van der Waals surface area contributed by atoms with Crippen LogP contribution in [0.3, 0.4) is 0 Å². The number of rotatable bonds is 12. The molecule has 2 aliphatic rings. The van der Waals surface area contributed by atoms with Crippen LogP contribution in [-0.4, -0.2) is 79.4 Å². The van der Waals surface area contributed by atoms with Gasteiger partial charge < -0.3 is 35.6 Å². The molecular formula is C27H43ClFN3O5. The lowest BCUT2D eigenvalue weighted by atomic mass is 9.82. The van der Waals surface area contributed by atoms with Gasteiger partial charge in [-0.15, -0.1) is 0 Å². The first kappa shape index (κ1) is 30.1. The number of nitrogens with one attached hydrogen (secondary N) is 1. The number of carbonyl (C=O) groups excluding carboxylic acids is 1. The van der Waals surface area contributed by atoms with Crippen molar-refractivity contribution in [1.29, 1.82) is 0 Å². The van der Waals surface area contributed by atoms with Gasteiger partial charge in [0, 0.05) is 32.4 Å². The number of urea groups is 1. The number of morpholine rings is 1. The van der Waals surface area contributed by atoms with Gasteiger partial charge in [0.15, 0.2) is 0 Å². The van der Waals surface area contributed by atoms with Gasteiger partial charge in [0.2, 0.25) is 0 Å². The van der Waals surface area contributed by atoms with Crippen LogP contribution >= 0.6 is 11.6 Å². The molecule has 210 valence electrons. The lowest BCUT2D eigenvalue weighted by Crippen LogP contribution is -2.59. The second-order valence-corrected chi connectivity index (χ2v) is 10.8. The lowest BCUT2D eigenvalue weighted by Gasteiger charge is -2.43. The average Bonchev–Trinajstić information content (AvgIpc) is 2.92. The molecule has 1 aliphatic carbocycles. The van der Waals surface area contributed by atoms with E-state index in [2.05, 4.69) is 5.32 Å². The van der Waals surface area contributed by atoms with Gasteiger partial charge in [-0.05, 0) is 37.7 Å². The Balaban J connectivity index is 1.74. The van der Waals surface area contributed by atoms with Crippen molar-refractivity contribution in [3.8, 4) is 0 Å². The fraction of sp³-hybridized carbons (Fsp3) is 0.741. The van der Waals surface area contributed by atoms with Gasteiger partial charge in [0.05, 0.1) is 30.3 Å². The van der Waals surface area contributed by atoms with Gasteiger partial charge >= 0.3 is 6.03 Å². The molecule has 0 aromatic heterocycles. The summed E-state index contributed by atoms with van der Waals surface area (Å²) < 4.78 is 26.2. The third kappa shape index (κ3) is 8.00. The summed E-state index contributed by atoms with van der Waals surface area (Å²) in [6, 6.07) is 3.73. The van der Waals surface area contributed by atoms with Crippen LogP contribution in [0, 0.1) is 11.7 Å². The summed E-state index contributed by atoms with van der Waals surface area (Å²) in [5.41, 5.74) is 4.11. The molecule has 0 unspecified atom stereocenters. The number of hydrogen-bond donors (Lipinski definition) is 4. The third-order valence-electron chi connectivity index (χ3n) is 7.79. The highest BCUT2D eigenvalue weighted by Crippen LogP contribution is 2.37. The molecule has 37 heavy (non-hydrogen) atoms. The molecule has 1 aromatic rings. The number of aliphatic hydroxyl groups excluding tert-OH is 1. The van der Waals surface area contributed by atoms with Gasteiger partial charge in [-0.25, -0.2) is 9.18 Å². The number of ether oxygens (including phenoxy) is 2. The monoisotopic (exact) mass is 543 g/mol. The summed E-state index contributed by atoms with van der Waals surface area (Å²) in [6.07, 6.45) is 6.15. The maximum absolute atomic E-state index is 15.1. The Labute approximate surface area is 224 Å². The molecule has 0 spiro atoms. The Morgan fingerprint density at radius 1 is 1.35 bits per heavy atom. The van der Waals surface area contributed by atoms with E-state index in [1.54, 1.807) is 18.1 Å². The highest BCUT2D eigenvalue weighted by Gasteiger charge is 2.44. The van der Waals surface area contributed by atoms with Gasteiger partial charge in [-0.3, -0.25) is 0 Å². The molecule has 2 fully saturated rings. The molecular weight excluding hydrogens is 501 g/mol. The molecule has 1 heterocycles. The molecule has 4 atom stereocenters. The quantitative estimate of drug-likeness (QED) is 0.299. The van der Waals surface area contributed by atoms with Crippen molar-refractivity contribution in [2.24, 2.45) is 11.7 Å². The zero-order valence-corrected chi connectivity index (χ0v) is 22.6. The zero-order valence-electron chi connectivity index (χ0n) is 21.8. The highest BCUT2D eigenvalue weighted by molar-refractivity contribution is 6.30. The van der Waals surface area contributed by atoms with Crippen LogP contribution in [0.1, 0.15) is 63.4 Å². The van der Waals surface area contributed by atoms with Crippen LogP contribution in [-0.2, 0) is 15.1 Å². The summed E-state index contributed by atoms with van der Waals surface area (Å²) in [6.45, 7) is 1.13. The number of methoxy groups -OCH3 is 1. The minimum Gasteiger partial charge on any atom is -0.390 e. The van der Waals surface area contributed by atoms with Crippen molar-refractivity contribution >= 4 is 17.6 Å². The summed E-state index contributed by atoms with van der Waals surface area (Å²) in [5.74, 6) is -0.247. The minimum absolute atomic E-state index is 0.0541. The standard InChI is InChI=1S/C27H43ClFN3O5/c1-36-14-6-5-12-27(35,20-10-7-11-21(28)25(20)29)24-18-32(13-15-37-24)26(34)31-22(23(33)17-30)16-19-8-3-2-4-9-19/h7,10-11,19,22-24,33,35H,2-6,8-9,12-18,30H2,1H3,(H,31,34)/t22-,23-,24+,27+/m0/s1. The first-order chi connectivity index (χ1) is 17.8. The molecule has 1 aromatic carbocycles. The van der Waals surface area contributed by atoms with Crippen LogP contribution in [0.25, 0.3) is 0 Å². The van der Waals surface area contributed by atoms with E-state index in [9.17, 15) is 15.0 Å². The fourth-order valence-electron chi connectivity index (χ4n) is 5.58. The van der Waals surface area contributed by atoms with Crippen molar-refractivity contribution in [2.75, 3.05) is 40.0 Å². The predicted molar refractivity (Wildman–Crippen MR) is 141 cm³/mol. The molecule has 10 heteroatoms. The summed E-state index contributed by atoms with van der Waals surface area (Å²) >= 11 is 6.05. The van der Waals surface area contributed by atoms with Gasteiger partial charge in [0.25, 0.3) is 0 Å². The van der Waals surface area contributed by atoms with Crippen molar-refractivity contribution in [1.82, 2.24) is 10.2 Å². The number of amides is 2. The second-order valence-electron chi connectivity index (χ2n) is 10.4. The Bertz CT molecular complexity index is 859. The number of aliphatic hydroxyl groups is 2. The van der Waals surface area contributed by atoms with E-state index in [1.807, 2.05) is 0 Å². The van der Waals surface area contributed by atoms with E-state index in [-0.39, 0.29) is 42.7 Å². The van der Waals surface area contributed by atoms with Crippen molar-refractivity contribution in [3.63, 3.8) is 0 Å². The average molecular weight is 544 g/mol. The molecule has 0 bridgehead atoms. The Morgan fingerprint density at radius 3 is 2.81 bits per heavy atom. The molecule has 2 amide bonds. The van der Waals surface area contributed by atoms with Gasteiger partial charge in [-0.1, -0.05) is 55.8 Å². The molecule has 3 rings (SSSR count). The second kappa shape index (κ2) is 14.6. The van der Waals surface area contributed by atoms with Crippen LogP contribution in [0.4, 0.5) is 9.18 Å². The van der Waals surface area contributed by atoms with Crippen molar-refractivity contribution in [3.05, 3.63) is 34.6 Å². The molecule has 1 saturated heterocycles. The summed E-state index contributed by atoms with van der Waals surface area (Å²) in [4.78, 5) is 14.9. The van der Waals surface area contributed by atoms with E-state index in [1.165, 1.54) is 18.6 Å². The van der Waals surface area contributed by atoms with Crippen LogP contribution < -0.4 is 11.1 Å². The summed E-state index contributed by atoms with van der Waals surface area (Å²) in [5, 5.41) is 25.3. The first-order valence-electron chi connectivity index (χ1n) is 13.5. The van der Waals surface area contributed by atoms with E-state index in [0.29, 0.717) is 38.3 Å². The van der Waals surface area contributed by atoms with E-state index >= 15 is 4.39 Å². The maximum atomic E-state index is 15.1. The number of carbonyl (C=O) groups is 1. The van der Waals surface area contributed by atoms with Crippen LogP contribution in [0.15, 0.2) is 18.2 Å². The fourth-order valence-corrected chi connectivity index (χ4v) is 5.75. The van der Waals surface area contributed by atoms with Crippen LogP contribution in [0.2, 0.25) is 5.02 Å². The van der Waals surface area contributed by atoms with Crippen molar-refractivity contribution < 1.29 is 28.9 Å². The number of hydrogen-bond acceptors (Lipinski definition) is 6. The number of nitrogens with zero attached hydrogens (tertiary/aromatic N) is 1. The van der Waals surface area contributed by atoms with Gasteiger partial charge in [0.1, 0.15) is 17.5 Å². The Kier molecular flexibility index (Phi) is 11.9. The Morgan fingerprint density at radius 2 is 2.11 bits per heavy atom. The predicted octanol–water partition coefficient (Wildman–Crippen LogP) is 3.55. The minimum atomic E-state index is -1.69. The first-order valence-corrected chi connectivity index (χ1v) is 13.9. The van der Waals surface area contributed by atoms with E-state index < -0.39 is 29.7 Å². The Hall–Kier alpha value is -1.49. The molecule has 5 N–H and O–H groups in total. The SMILES string of the molecule is COCCCC[C@@](O)(c1cccc(Cl)c1F)[C@H]1CN(C(=O)N[C@@H](CC2CCCCC2)[C@@H](O)CN)CCO1. The molecule has 1 aliphatic heterocycles. The van der Waals surface area contributed by atoms with Crippen LogP contribution in [0.5, 0.6) is 0 Å². The maximum Gasteiger partial charge on any atom is 0.317 e. The topological polar surface area (TPSA) is 117 Å². The highest BCUT2D eigenvalue weighted by atomic mass is 35.5. The molecule has 0 radical (unpaired) electrons. The molecule has 8 nitrogen and oxygen atoms in total. The van der Waals surface area contributed by atoms with Crippen molar-refractivity contribution in [2.45, 2.75) is 81.6 Å². The smallest absolute Gasteiger partial charge is 0.317 e. The largest absolute Gasteiger partial charge is 0.390 e.